The number of hydrogen-bond donors (Lipinski definition) is 1. The van der Waals surface area contributed by atoms with Crippen LogP contribution < -0.4 is 5.32 Å². The van der Waals surface area contributed by atoms with E-state index in [2.05, 4.69) is 58.5 Å². The average Bonchev–Trinajstić information content (AvgIpc) is 3.67. The molecule has 0 bridgehead atoms. The van der Waals surface area contributed by atoms with Crippen LogP contribution in [0.3, 0.4) is 0 Å². The van der Waals surface area contributed by atoms with Gasteiger partial charge in [-0.25, -0.2) is 4.98 Å². The van der Waals surface area contributed by atoms with Crippen molar-refractivity contribution in [1.29, 1.82) is 5.26 Å². The number of nitrogens with one attached hydrogen (secondary N) is 1. The number of piperidine rings is 1. The Morgan fingerprint density at radius 2 is 1.93 bits per heavy atom. The molecule has 8 nitrogen and oxygen atoms in total. The molecule has 2 aromatic heterocycles. The van der Waals surface area contributed by atoms with E-state index in [1.165, 1.54) is 12.0 Å². The summed E-state index contributed by atoms with van der Waals surface area (Å²) in [5.74, 6) is 2.62. The van der Waals surface area contributed by atoms with Gasteiger partial charge in [0.25, 0.3) is 5.91 Å². The third-order valence-electron chi connectivity index (χ3n) is 8.98. The fourth-order valence-corrected chi connectivity index (χ4v) is 6.93. The number of aromatic nitrogens is 4. The van der Waals surface area contributed by atoms with Crippen molar-refractivity contribution in [2.24, 2.45) is 24.8 Å². The fraction of sp³-hybridized carbons (Fsp3) is 0.531. The van der Waals surface area contributed by atoms with E-state index in [-0.39, 0.29) is 17.2 Å². The van der Waals surface area contributed by atoms with Gasteiger partial charge in [0.15, 0.2) is 0 Å². The van der Waals surface area contributed by atoms with Crippen LogP contribution in [-0.2, 0) is 25.4 Å². The standard InChI is InChI=1S/C32H39N7O/c1-21-9-22(2)18-39(17-21)19-23-10-28(25-7-8-25)36-29(11-23)31(40)35-27-6-4-5-26(12-27)32(13-24(14-32)16-33)15-30-37-34-20-38(30)3/h4-6,10-12,20-22,24-25H,7-9,13-15,17-19H2,1-3H3,(H,35,40)/t21-,22+,24-,32-. The van der Waals surface area contributed by atoms with Crippen molar-refractivity contribution in [3.05, 3.63) is 71.1 Å². The molecule has 3 heterocycles. The summed E-state index contributed by atoms with van der Waals surface area (Å²) in [4.78, 5) is 20.9. The molecule has 8 heteroatoms. The van der Waals surface area contributed by atoms with Gasteiger partial charge in [-0.15, -0.1) is 10.2 Å². The van der Waals surface area contributed by atoms with E-state index in [9.17, 15) is 10.1 Å². The van der Waals surface area contributed by atoms with Gasteiger partial charge >= 0.3 is 0 Å². The summed E-state index contributed by atoms with van der Waals surface area (Å²) in [5.41, 5.74) is 4.39. The molecule has 6 rings (SSSR count). The number of nitriles is 1. The summed E-state index contributed by atoms with van der Waals surface area (Å²) in [5, 5.41) is 21.0. The average molecular weight is 538 g/mol. The number of likely N-dealkylation sites (tertiary alicyclic amines) is 1. The lowest BCUT2D eigenvalue weighted by molar-refractivity contribution is 0.102. The first-order valence-electron chi connectivity index (χ1n) is 14.7. The summed E-state index contributed by atoms with van der Waals surface area (Å²) in [6.45, 7) is 7.72. The number of rotatable bonds is 8. The highest BCUT2D eigenvalue weighted by Crippen LogP contribution is 2.50. The third-order valence-corrected chi connectivity index (χ3v) is 8.98. The maximum atomic E-state index is 13.5. The van der Waals surface area contributed by atoms with E-state index >= 15 is 0 Å². The topological polar surface area (TPSA) is 99.7 Å². The highest BCUT2D eigenvalue weighted by atomic mass is 16.1. The van der Waals surface area contributed by atoms with Crippen molar-refractivity contribution in [2.75, 3.05) is 18.4 Å². The quantitative estimate of drug-likeness (QED) is 0.422. The molecule has 1 N–H and O–H groups in total. The zero-order valence-corrected chi connectivity index (χ0v) is 23.8. The van der Waals surface area contributed by atoms with Crippen LogP contribution in [0, 0.1) is 29.1 Å². The number of anilines is 1. The molecular weight excluding hydrogens is 498 g/mol. The minimum atomic E-state index is -0.193. The molecule has 208 valence electrons. The van der Waals surface area contributed by atoms with Gasteiger partial charge in [0.2, 0.25) is 0 Å². The monoisotopic (exact) mass is 537 g/mol. The molecule has 40 heavy (non-hydrogen) atoms. The van der Waals surface area contributed by atoms with E-state index in [1.54, 1.807) is 6.33 Å². The van der Waals surface area contributed by atoms with Crippen LogP contribution in [0.2, 0.25) is 0 Å². The van der Waals surface area contributed by atoms with Gasteiger partial charge in [0.1, 0.15) is 17.8 Å². The number of benzene rings is 1. The van der Waals surface area contributed by atoms with Crippen LogP contribution in [0.15, 0.2) is 42.7 Å². The molecule has 0 spiro atoms. The van der Waals surface area contributed by atoms with Gasteiger partial charge in [-0.05, 0) is 79.3 Å². The van der Waals surface area contributed by atoms with Crippen molar-refractivity contribution in [3.8, 4) is 6.07 Å². The number of carbonyl (C=O) groups is 1. The first kappa shape index (κ1) is 26.6. The second-order valence-electron chi connectivity index (χ2n) is 12.8. The number of pyridine rings is 1. The lowest BCUT2D eigenvalue weighted by Gasteiger charge is -2.45. The zero-order valence-electron chi connectivity index (χ0n) is 23.8. The van der Waals surface area contributed by atoms with Crippen molar-refractivity contribution in [1.82, 2.24) is 24.6 Å². The molecule has 0 radical (unpaired) electrons. The molecule has 1 aromatic carbocycles. The summed E-state index contributed by atoms with van der Waals surface area (Å²) < 4.78 is 1.94. The van der Waals surface area contributed by atoms with Gasteiger partial charge in [-0.3, -0.25) is 9.69 Å². The van der Waals surface area contributed by atoms with Crippen molar-refractivity contribution in [2.45, 2.75) is 70.3 Å². The molecule has 2 aliphatic carbocycles. The Morgan fingerprint density at radius 1 is 1.15 bits per heavy atom. The Hall–Kier alpha value is -3.57. The number of amides is 1. The largest absolute Gasteiger partial charge is 0.321 e. The number of nitrogens with zero attached hydrogens (tertiary/aromatic N) is 6. The SMILES string of the molecule is C[C@@H]1C[C@H](C)CN(Cc2cc(C(=O)Nc3cccc([C@]4(Cc5nncn5C)C[C@@H](C#N)C4)c3)nc(C3CC3)c2)C1. The molecule has 2 saturated carbocycles. The highest BCUT2D eigenvalue weighted by molar-refractivity contribution is 6.03. The van der Waals surface area contributed by atoms with E-state index in [4.69, 9.17) is 4.98 Å². The highest BCUT2D eigenvalue weighted by Gasteiger charge is 2.46. The first-order chi connectivity index (χ1) is 19.3. The maximum absolute atomic E-state index is 13.5. The smallest absolute Gasteiger partial charge is 0.274 e. The molecular formula is C32H39N7O. The number of aryl methyl sites for hydroxylation is 1. The van der Waals surface area contributed by atoms with E-state index < -0.39 is 0 Å². The predicted molar refractivity (Wildman–Crippen MR) is 154 cm³/mol. The van der Waals surface area contributed by atoms with Crippen molar-refractivity contribution in [3.63, 3.8) is 0 Å². The normalized spacial score (nSPS) is 26.6. The summed E-state index contributed by atoms with van der Waals surface area (Å²) in [6.07, 6.45) is 7.55. The molecule has 3 aliphatic rings. The second kappa shape index (κ2) is 10.8. The Bertz CT molecular complexity index is 1420. The lowest BCUT2D eigenvalue weighted by Crippen LogP contribution is -2.43. The molecule has 1 saturated heterocycles. The van der Waals surface area contributed by atoms with Crippen LogP contribution in [-0.4, -0.2) is 43.6 Å². The van der Waals surface area contributed by atoms with Crippen LogP contribution in [0.25, 0.3) is 0 Å². The second-order valence-corrected chi connectivity index (χ2v) is 12.8. The van der Waals surface area contributed by atoms with Gasteiger partial charge in [0, 0.05) is 61.7 Å². The Balaban J connectivity index is 1.22. The summed E-state index contributed by atoms with van der Waals surface area (Å²) in [7, 11) is 1.95. The van der Waals surface area contributed by atoms with Crippen molar-refractivity contribution < 1.29 is 4.79 Å². The fourth-order valence-electron chi connectivity index (χ4n) is 6.93. The van der Waals surface area contributed by atoms with Gasteiger partial charge < -0.3 is 9.88 Å². The summed E-state index contributed by atoms with van der Waals surface area (Å²) in [6, 6.07) is 14.7. The molecule has 1 aliphatic heterocycles. The van der Waals surface area contributed by atoms with Gasteiger partial charge in [-0.1, -0.05) is 26.0 Å². The van der Waals surface area contributed by atoms with Crippen LogP contribution in [0.5, 0.6) is 0 Å². The van der Waals surface area contributed by atoms with Crippen LogP contribution >= 0.6 is 0 Å². The summed E-state index contributed by atoms with van der Waals surface area (Å²) >= 11 is 0. The van der Waals surface area contributed by atoms with Gasteiger partial charge in [0.05, 0.1) is 6.07 Å². The third kappa shape index (κ3) is 5.66. The molecule has 3 fully saturated rings. The Kier molecular flexibility index (Phi) is 7.18. The molecule has 2 atom stereocenters. The minimum absolute atomic E-state index is 0.0325. The number of hydrogen-bond acceptors (Lipinski definition) is 6. The van der Waals surface area contributed by atoms with Crippen LogP contribution in [0.1, 0.15) is 85.0 Å². The first-order valence-corrected chi connectivity index (χ1v) is 14.7. The van der Waals surface area contributed by atoms with Crippen molar-refractivity contribution >= 4 is 11.6 Å². The Labute approximate surface area is 236 Å². The van der Waals surface area contributed by atoms with Gasteiger partial charge in [-0.2, -0.15) is 5.26 Å². The lowest BCUT2D eigenvalue weighted by atomic mass is 9.57. The predicted octanol–water partition coefficient (Wildman–Crippen LogP) is 5.23. The minimum Gasteiger partial charge on any atom is -0.321 e. The van der Waals surface area contributed by atoms with E-state index in [1.807, 2.05) is 29.8 Å². The molecule has 0 unspecified atom stereocenters. The maximum Gasteiger partial charge on any atom is 0.274 e. The molecule has 3 aromatic rings. The zero-order chi connectivity index (χ0) is 27.9. The van der Waals surface area contributed by atoms with E-state index in [0.717, 1.165) is 68.1 Å². The Morgan fingerprint density at radius 3 is 2.60 bits per heavy atom. The number of carbonyl (C=O) groups excluding carboxylic acids is 1. The molecule has 1 amide bonds. The van der Waals surface area contributed by atoms with E-state index in [0.29, 0.717) is 29.9 Å². The van der Waals surface area contributed by atoms with Crippen LogP contribution in [0.4, 0.5) is 5.69 Å².